The number of ether oxygens (including phenoxy) is 2. The molecule has 1 atom stereocenters. The summed E-state index contributed by atoms with van der Waals surface area (Å²) in [5, 5.41) is 12.3. The van der Waals surface area contributed by atoms with E-state index in [0.717, 1.165) is 5.69 Å². The normalized spacial score (nSPS) is 14.6. The molecule has 0 unspecified atom stereocenters. The lowest BCUT2D eigenvalue weighted by Gasteiger charge is -2.26. The number of para-hydroxylation sites is 3. The van der Waals surface area contributed by atoms with Crippen LogP contribution in [-0.2, 0) is 4.79 Å². The van der Waals surface area contributed by atoms with Crippen LogP contribution in [0, 0.1) is 0 Å². The number of amides is 1. The number of aromatic nitrogens is 4. The first-order valence-electron chi connectivity index (χ1n) is 10.1. The number of anilines is 1. The molecule has 0 aliphatic carbocycles. The highest BCUT2D eigenvalue weighted by Gasteiger charge is 2.29. The molecule has 33 heavy (non-hydrogen) atoms. The fourth-order valence-electron chi connectivity index (χ4n) is 3.35. The van der Waals surface area contributed by atoms with Crippen molar-refractivity contribution in [2.75, 3.05) is 17.7 Å². The first-order chi connectivity index (χ1) is 16.2. The van der Waals surface area contributed by atoms with Crippen molar-refractivity contribution in [2.45, 2.75) is 11.3 Å². The van der Waals surface area contributed by atoms with E-state index in [-0.39, 0.29) is 16.8 Å². The number of rotatable bonds is 6. The Balaban J connectivity index is 1.39. The van der Waals surface area contributed by atoms with E-state index in [9.17, 15) is 4.79 Å². The molecule has 0 saturated carbocycles. The van der Waals surface area contributed by atoms with Gasteiger partial charge in [0.1, 0.15) is 6.61 Å². The largest absolute Gasteiger partial charge is 0.485 e. The van der Waals surface area contributed by atoms with Crippen LogP contribution in [0.25, 0.3) is 5.69 Å². The molecule has 8 nitrogen and oxygen atoms in total. The maximum atomic E-state index is 12.5. The molecular weight excluding hydrogens is 462 g/mol. The summed E-state index contributed by atoms with van der Waals surface area (Å²) in [5.74, 6) is 1.82. The summed E-state index contributed by atoms with van der Waals surface area (Å²) < 4.78 is 13.9. The smallest absolute Gasteiger partial charge is 0.234 e. The third kappa shape index (κ3) is 4.64. The summed E-state index contributed by atoms with van der Waals surface area (Å²) in [7, 11) is 0. The van der Waals surface area contributed by atoms with Crippen LogP contribution in [0.3, 0.4) is 0 Å². The molecule has 2 aromatic carbocycles. The molecule has 1 aliphatic heterocycles. The van der Waals surface area contributed by atoms with E-state index in [1.165, 1.54) is 11.8 Å². The highest BCUT2D eigenvalue weighted by Crippen LogP contribution is 2.37. The number of nitrogens with zero attached hydrogens (tertiary/aromatic N) is 4. The standard InChI is InChI=1S/C23H18ClN5O3S/c24-21-16(9-6-12-25-21)26-20(30)14-33-23-28-27-22(29(23)15-7-2-1-3-8-15)19-13-31-17-10-4-5-11-18(17)32-19/h1-12,19H,13-14H2,(H,26,30)/t19-/m0/s1. The van der Waals surface area contributed by atoms with E-state index >= 15 is 0 Å². The number of carbonyl (C=O) groups is 1. The van der Waals surface area contributed by atoms with Crippen LogP contribution in [-0.4, -0.2) is 38.0 Å². The van der Waals surface area contributed by atoms with Gasteiger partial charge < -0.3 is 14.8 Å². The number of fused-ring (bicyclic) bond motifs is 1. The number of benzene rings is 2. The van der Waals surface area contributed by atoms with Crippen LogP contribution < -0.4 is 14.8 Å². The van der Waals surface area contributed by atoms with Crippen molar-refractivity contribution < 1.29 is 14.3 Å². The van der Waals surface area contributed by atoms with E-state index in [1.807, 2.05) is 59.2 Å². The van der Waals surface area contributed by atoms with Gasteiger partial charge in [-0.1, -0.05) is 53.7 Å². The Morgan fingerprint density at radius 2 is 1.85 bits per heavy atom. The molecule has 0 bridgehead atoms. The minimum Gasteiger partial charge on any atom is -0.485 e. The Morgan fingerprint density at radius 3 is 2.67 bits per heavy atom. The summed E-state index contributed by atoms with van der Waals surface area (Å²) >= 11 is 7.29. The van der Waals surface area contributed by atoms with Gasteiger partial charge in [0.05, 0.1) is 11.4 Å². The van der Waals surface area contributed by atoms with Gasteiger partial charge in [0.15, 0.2) is 33.7 Å². The number of nitrogens with one attached hydrogen (secondary N) is 1. The molecule has 0 spiro atoms. The second-order valence-corrected chi connectivity index (χ2v) is 8.36. The molecule has 0 saturated heterocycles. The van der Waals surface area contributed by atoms with Gasteiger partial charge in [0.2, 0.25) is 5.91 Å². The monoisotopic (exact) mass is 479 g/mol. The molecule has 0 fully saturated rings. The average Bonchev–Trinajstić information content (AvgIpc) is 3.28. The van der Waals surface area contributed by atoms with Crippen molar-refractivity contribution in [1.82, 2.24) is 19.7 Å². The van der Waals surface area contributed by atoms with E-state index in [1.54, 1.807) is 18.3 Å². The van der Waals surface area contributed by atoms with Crippen molar-refractivity contribution in [1.29, 1.82) is 0 Å². The second-order valence-electron chi connectivity index (χ2n) is 7.05. The molecular formula is C23H18ClN5O3S. The number of pyridine rings is 1. The highest BCUT2D eigenvalue weighted by atomic mass is 35.5. The van der Waals surface area contributed by atoms with Gasteiger partial charge in [-0.25, -0.2) is 4.98 Å². The average molecular weight is 480 g/mol. The Bertz CT molecular complexity index is 1280. The first kappa shape index (κ1) is 21.3. The number of carbonyl (C=O) groups excluding carboxylic acids is 1. The summed E-state index contributed by atoms with van der Waals surface area (Å²) in [6.45, 7) is 0.298. The minimum absolute atomic E-state index is 0.112. The number of hydrogen-bond donors (Lipinski definition) is 1. The van der Waals surface area contributed by atoms with Crippen LogP contribution >= 0.6 is 23.4 Å². The van der Waals surface area contributed by atoms with Gasteiger partial charge >= 0.3 is 0 Å². The molecule has 1 N–H and O–H groups in total. The molecule has 1 amide bonds. The zero-order valence-corrected chi connectivity index (χ0v) is 18.8. The van der Waals surface area contributed by atoms with Crippen LogP contribution in [0.5, 0.6) is 11.5 Å². The van der Waals surface area contributed by atoms with Gasteiger partial charge in [0.25, 0.3) is 0 Å². The Morgan fingerprint density at radius 1 is 1.06 bits per heavy atom. The number of thioether (sulfide) groups is 1. The van der Waals surface area contributed by atoms with Crippen molar-refractivity contribution in [3.05, 3.63) is 83.9 Å². The van der Waals surface area contributed by atoms with Crippen LogP contribution in [0.1, 0.15) is 11.9 Å². The summed E-state index contributed by atoms with van der Waals surface area (Å²) in [6.07, 6.45) is 1.11. The van der Waals surface area contributed by atoms with E-state index in [0.29, 0.717) is 34.8 Å². The SMILES string of the molecule is O=C(CSc1nnc([C@@H]2COc3ccccc3O2)n1-c1ccccc1)Nc1cccnc1Cl. The van der Waals surface area contributed by atoms with Gasteiger partial charge in [0, 0.05) is 11.9 Å². The first-order valence-corrected chi connectivity index (χ1v) is 11.5. The second kappa shape index (κ2) is 9.51. The fourth-order valence-corrected chi connectivity index (χ4v) is 4.27. The molecule has 5 rings (SSSR count). The number of hydrogen-bond acceptors (Lipinski definition) is 7. The maximum Gasteiger partial charge on any atom is 0.234 e. The van der Waals surface area contributed by atoms with Crippen molar-refractivity contribution in [3.63, 3.8) is 0 Å². The number of halogens is 1. The van der Waals surface area contributed by atoms with E-state index in [4.69, 9.17) is 21.1 Å². The quantitative estimate of drug-likeness (QED) is 0.320. The van der Waals surface area contributed by atoms with E-state index in [2.05, 4.69) is 20.5 Å². The van der Waals surface area contributed by atoms with Gasteiger partial charge in [-0.3, -0.25) is 9.36 Å². The Labute approximate surface area is 198 Å². The molecule has 3 heterocycles. The van der Waals surface area contributed by atoms with Crippen LogP contribution in [0.4, 0.5) is 5.69 Å². The predicted octanol–water partition coefficient (Wildman–Crippen LogP) is 4.56. The van der Waals surface area contributed by atoms with Crippen molar-refractivity contribution >= 4 is 35.0 Å². The lowest BCUT2D eigenvalue weighted by atomic mass is 10.2. The zero-order chi connectivity index (χ0) is 22.6. The Hall–Kier alpha value is -3.56. The zero-order valence-electron chi connectivity index (χ0n) is 17.2. The molecule has 0 radical (unpaired) electrons. The summed E-state index contributed by atoms with van der Waals surface area (Å²) in [6, 6.07) is 20.6. The van der Waals surface area contributed by atoms with Gasteiger partial charge in [-0.2, -0.15) is 0 Å². The molecule has 166 valence electrons. The molecule has 2 aromatic heterocycles. The predicted molar refractivity (Wildman–Crippen MR) is 125 cm³/mol. The van der Waals surface area contributed by atoms with E-state index < -0.39 is 6.10 Å². The molecule has 10 heteroatoms. The van der Waals surface area contributed by atoms with Crippen molar-refractivity contribution in [3.8, 4) is 17.2 Å². The summed E-state index contributed by atoms with van der Waals surface area (Å²) in [5.41, 5.74) is 1.32. The maximum absolute atomic E-state index is 12.5. The third-order valence-electron chi connectivity index (χ3n) is 4.83. The lowest BCUT2D eigenvalue weighted by Crippen LogP contribution is -2.24. The van der Waals surface area contributed by atoms with Crippen LogP contribution in [0.15, 0.2) is 78.1 Å². The Kier molecular flexibility index (Phi) is 6.14. The fraction of sp³-hybridized carbons (Fsp3) is 0.130. The minimum atomic E-state index is -0.454. The van der Waals surface area contributed by atoms with Crippen LogP contribution in [0.2, 0.25) is 5.15 Å². The summed E-state index contributed by atoms with van der Waals surface area (Å²) in [4.78, 5) is 16.5. The molecule has 1 aliphatic rings. The third-order valence-corrected chi connectivity index (χ3v) is 6.07. The topological polar surface area (TPSA) is 91.2 Å². The van der Waals surface area contributed by atoms with Gasteiger partial charge in [-0.05, 0) is 36.4 Å². The highest BCUT2D eigenvalue weighted by molar-refractivity contribution is 7.99. The lowest BCUT2D eigenvalue weighted by molar-refractivity contribution is -0.113. The molecule has 4 aromatic rings. The van der Waals surface area contributed by atoms with Crippen molar-refractivity contribution in [2.24, 2.45) is 0 Å². The van der Waals surface area contributed by atoms with Gasteiger partial charge in [-0.15, -0.1) is 10.2 Å².